The summed E-state index contributed by atoms with van der Waals surface area (Å²) in [5.74, 6) is 0.264. The van der Waals surface area contributed by atoms with Crippen molar-refractivity contribution in [2.75, 3.05) is 13.1 Å². The summed E-state index contributed by atoms with van der Waals surface area (Å²) in [6.07, 6.45) is 5.26. The lowest BCUT2D eigenvalue weighted by atomic mass is 10.0. The van der Waals surface area contributed by atoms with Gasteiger partial charge in [0.05, 0.1) is 6.04 Å². The van der Waals surface area contributed by atoms with E-state index in [1.165, 1.54) is 18.4 Å². The molecule has 1 aromatic carbocycles. The second kappa shape index (κ2) is 6.15. The summed E-state index contributed by atoms with van der Waals surface area (Å²) >= 11 is 6.06. The van der Waals surface area contributed by atoms with Crippen molar-refractivity contribution in [2.24, 2.45) is 0 Å². The Kier molecular flexibility index (Phi) is 4.27. The predicted octanol–water partition coefficient (Wildman–Crippen LogP) is 3.15. The first-order valence-corrected chi connectivity index (χ1v) is 7.90. The molecule has 4 heteroatoms. The minimum absolute atomic E-state index is 0.210. The normalized spacial score (nSPS) is 22.2. The Bertz CT molecular complexity index is 487. The fourth-order valence-corrected chi connectivity index (χ4v) is 3.14. The first kappa shape index (κ1) is 13.9. The molecule has 2 fully saturated rings. The molecule has 0 spiro atoms. The van der Waals surface area contributed by atoms with Gasteiger partial charge in [-0.25, -0.2) is 0 Å². The van der Waals surface area contributed by atoms with E-state index in [0.29, 0.717) is 12.5 Å². The molecule has 1 N–H and O–H groups in total. The molecule has 1 saturated heterocycles. The fraction of sp³-hybridized carbons (Fsp3) is 0.562. The molecule has 3 nitrogen and oxygen atoms in total. The number of amides is 1. The summed E-state index contributed by atoms with van der Waals surface area (Å²) in [7, 11) is 0. The Morgan fingerprint density at radius 2 is 2.20 bits per heavy atom. The molecule has 1 amide bonds. The van der Waals surface area contributed by atoms with Gasteiger partial charge in [0, 0.05) is 30.6 Å². The molecule has 3 rings (SSSR count). The van der Waals surface area contributed by atoms with Gasteiger partial charge in [-0.1, -0.05) is 23.7 Å². The monoisotopic (exact) mass is 292 g/mol. The van der Waals surface area contributed by atoms with Crippen LogP contribution in [0.1, 0.15) is 43.7 Å². The molecule has 0 aromatic heterocycles. The van der Waals surface area contributed by atoms with Crippen LogP contribution in [0.2, 0.25) is 5.02 Å². The summed E-state index contributed by atoms with van der Waals surface area (Å²) in [5, 5.41) is 4.15. The van der Waals surface area contributed by atoms with Crippen LogP contribution in [-0.2, 0) is 4.79 Å². The number of hydrogen-bond donors (Lipinski definition) is 1. The van der Waals surface area contributed by atoms with Gasteiger partial charge in [-0.3, -0.25) is 4.79 Å². The van der Waals surface area contributed by atoms with E-state index >= 15 is 0 Å². The van der Waals surface area contributed by atoms with E-state index in [9.17, 15) is 4.79 Å². The van der Waals surface area contributed by atoms with Crippen LogP contribution < -0.4 is 5.32 Å². The number of hydrogen-bond acceptors (Lipinski definition) is 2. The van der Waals surface area contributed by atoms with E-state index in [1.54, 1.807) is 0 Å². The van der Waals surface area contributed by atoms with E-state index in [0.717, 1.165) is 31.0 Å². The number of likely N-dealkylation sites (tertiary alicyclic amines) is 1. The maximum atomic E-state index is 12.4. The summed E-state index contributed by atoms with van der Waals surface area (Å²) in [4.78, 5) is 14.4. The Hall–Kier alpha value is -1.06. The van der Waals surface area contributed by atoms with E-state index in [1.807, 2.05) is 23.1 Å². The van der Waals surface area contributed by atoms with Gasteiger partial charge in [-0.2, -0.15) is 0 Å². The quantitative estimate of drug-likeness (QED) is 0.904. The Morgan fingerprint density at radius 3 is 2.95 bits per heavy atom. The van der Waals surface area contributed by atoms with Crippen molar-refractivity contribution in [1.29, 1.82) is 0 Å². The molecular formula is C16H21ClN2O. The molecule has 20 heavy (non-hydrogen) atoms. The van der Waals surface area contributed by atoms with E-state index in [2.05, 4.69) is 11.4 Å². The van der Waals surface area contributed by atoms with Crippen molar-refractivity contribution in [3.8, 4) is 0 Å². The van der Waals surface area contributed by atoms with Crippen molar-refractivity contribution in [2.45, 2.75) is 44.2 Å². The van der Waals surface area contributed by atoms with Crippen LogP contribution in [0.25, 0.3) is 0 Å². The fourth-order valence-electron chi connectivity index (χ4n) is 2.94. The third kappa shape index (κ3) is 3.33. The van der Waals surface area contributed by atoms with Crippen LogP contribution in [0, 0.1) is 0 Å². The molecule has 1 saturated carbocycles. The molecule has 1 heterocycles. The smallest absolute Gasteiger partial charge is 0.224 e. The standard InChI is InChI=1S/C16H21ClN2O/c17-13-4-1-3-12(11-13)15-5-2-10-19(15)16(20)8-9-18-14-6-7-14/h1,3-4,11,14-15,18H,2,5-10H2. The zero-order valence-corrected chi connectivity index (χ0v) is 12.4. The molecule has 2 aliphatic rings. The molecular weight excluding hydrogens is 272 g/mol. The lowest BCUT2D eigenvalue weighted by Gasteiger charge is -2.25. The van der Waals surface area contributed by atoms with Gasteiger partial charge < -0.3 is 10.2 Å². The average molecular weight is 293 g/mol. The van der Waals surface area contributed by atoms with Crippen molar-refractivity contribution in [3.05, 3.63) is 34.9 Å². The van der Waals surface area contributed by atoms with E-state index in [4.69, 9.17) is 11.6 Å². The number of rotatable bonds is 5. The number of nitrogens with one attached hydrogen (secondary N) is 1. The van der Waals surface area contributed by atoms with Crippen LogP contribution >= 0.6 is 11.6 Å². The highest BCUT2D eigenvalue weighted by Gasteiger charge is 2.30. The number of carbonyl (C=O) groups excluding carboxylic acids is 1. The SMILES string of the molecule is O=C(CCNC1CC1)N1CCCC1c1cccc(Cl)c1. The lowest BCUT2D eigenvalue weighted by Crippen LogP contribution is -2.33. The van der Waals surface area contributed by atoms with Crippen molar-refractivity contribution >= 4 is 17.5 Å². The van der Waals surface area contributed by atoms with Gasteiger partial charge in [-0.15, -0.1) is 0 Å². The zero-order valence-electron chi connectivity index (χ0n) is 11.6. The molecule has 1 aromatic rings. The molecule has 108 valence electrons. The van der Waals surface area contributed by atoms with Crippen molar-refractivity contribution in [1.82, 2.24) is 10.2 Å². The third-order valence-electron chi connectivity index (χ3n) is 4.16. The minimum atomic E-state index is 0.210. The maximum absolute atomic E-state index is 12.4. The van der Waals surface area contributed by atoms with Crippen LogP contribution in [0.4, 0.5) is 0 Å². The molecule has 1 atom stereocenters. The lowest BCUT2D eigenvalue weighted by molar-refractivity contribution is -0.132. The first-order chi connectivity index (χ1) is 9.74. The van der Waals surface area contributed by atoms with Crippen LogP contribution in [0.15, 0.2) is 24.3 Å². The minimum Gasteiger partial charge on any atom is -0.336 e. The summed E-state index contributed by atoms with van der Waals surface area (Å²) in [6, 6.07) is 8.79. The largest absolute Gasteiger partial charge is 0.336 e. The highest BCUT2D eigenvalue weighted by Crippen LogP contribution is 2.33. The number of carbonyl (C=O) groups is 1. The second-order valence-electron chi connectivity index (χ2n) is 5.78. The van der Waals surface area contributed by atoms with E-state index < -0.39 is 0 Å². The highest BCUT2D eigenvalue weighted by atomic mass is 35.5. The van der Waals surface area contributed by atoms with Crippen molar-refractivity contribution < 1.29 is 4.79 Å². The third-order valence-corrected chi connectivity index (χ3v) is 4.39. The van der Waals surface area contributed by atoms with Crippen LogP contribution in [0.5, 0.6) is 0 Å². The first-order valence-electron chi connectivity index (χ1n) is 7.52. The zero-order chi connectivity index (χ0) is 13.9. The molecule has 0 bridgehead atoms. The Morgan fingerprint density at radius 1 is 1.35 bits per heavy atom. The summed E-state index contributed by atoms with van der Waals surface area (Å²) in [6.45, 7) is 1.68. The van der Waals surface area contributed by atoms with Gasteiger partial charge >= 0.3 is 0 Å². The topological polar surface area (TPSA) is 32.3 Å². The van der Waals surface area contributed by atoms with Gasteiger partial charge in [-0.05, 0) is 43.4 Å². The predicted molar refractivity (Wildman–Crippen MR) is 80.8 cm³/mol. The molecule has 1 aliphatic heterocycles. The van der Waals surface area contributed by atoms with Gasteiger partial charge in [0.25, 0.3) is 0 Å². The maximum Gasteiger partial charge on any atom is 0.224 e. The van der Waals surface area contributed by atoms with Crippen LogP contribution in [-0.4, -0.2) is 29.9 Å². The molecule has 1 aliphatic carbocycles. The van der Waals surface area contributed by atoms with Crippen LogP contribution in [0.3, 0.4) is 0 Å². The molecule has 0 radical (unpaired) electrons. The highest BCUT2D eigenvalue weighted by molar-refractivity contribution is 6.30. The number of benzene rings is 1. The van der Waals surface area contributed by atoms with Gasteiger partial charge in [0.2, 0.25) is 5.91 Å². The Balaban J connectivity index is 1.60. The molecule has 1 unspecified atom stereocenters. The average Bonchev–Trinajstić information content (AvgIpc) is 3.12. The number of nitrogens with zero attached hydrogens (tertiary/aromatic N) is 1. The summed E-state index contributed by atoms with van der Waals surface area (Å²) in [5.41, 5.74) is 1.17. The van der Waals surface area contributed by atoms with Crippen molar-refractivity contribution in [3.63, 3.8) is 0 Å². The second-order valence-corrected chi connectivity index (χ2v) is 6.21. The van der Waals surface area contributed by atoms with E-state index in [-0.39, 0.29) is 11.9 Å². The number of halogens is 1. The Labute approximate surface area is 125 Å². The van der Waals surface area contributed by atoms with Gasteiger partial charge in [0.1, 0.15) is 0 Å². The summed E-state index contributed by atoms with van der Waals surface area (Å²) < 4.78 is 0. The van der Waals surface area contributed by atoms with Gasteiger partial charge in [0.15, 0.2) is 0 Å².